The van der Waals surface area contributed by atoms with Gasteiger partial charge < -0.3 is 10.2 Å². The summed E-state index contributed by atoms with van der Waals surface area (Å²) >= 11 is 0. The Morgan fingerprint density at radius 2 is 1.55 bits per heavy atom. The van der Waals surface area contributed by atoms with Crippen LogP contribution in [0.15, 0.2) is 22.8 Å². The number of hydrogen-bond donors (Lipinski definition) is 2. The molecule has 9 aliphatic rings. The molecule has 0 amide bonds. The zero-order chi connectivity index (χ0) is 39.9. The highest BCUT2D eigenvalue weighted by atomic mass is 16.4. The van der Waals surface area contributed by atoms with Gasteiger partial charge in [-0.25, -0.2) is 0 Å². The van der Waals surface area contributed by atoms with Crippen molar-refractivity contribution in [3.63, 3.8) is 0 Å². The maximum atomic E-state index is 14.7. The average Bonchev–Trinajstić information content (AvgIpc) is 3.40. The Hall–Kier alpha value is -2.24. The number of carbonyl (C=O) groups is 4. The maximum Gasteiger partial charge on any atom is 0.311 e. The van der Waals surface area contributed by atoms with E-state index < -0.39 is 28.2 Å². The molecule has 13 atom stereocenters. The summed E-state index contributed by atoms with van der Waals surface area (Å²) in [6.45, 7) is 20.4. The molecule has 55 heavy (non-hydrogen) atoms. The molecular formula is C49H72O6. The van der Waals surface area contributed by atoms with E-state index in [4.69, 9.17) is 0 Å². The standard InChI is InChI=1S/C49H72O6/c1-28(2)34-27-48-22-17-38-44(6,18-10-19-45(38,7)41(52)53)39(48)24-30(34)25-49(48,42(54)55)26-31(50)23-29(3)35-16-21-47(9)37-13-12-36-32(11-14-40(51)43(36,4)5)33(37)15-20-46(35,47)8/h27-30,32,35-36,38-39H,10-26H2,1-9H3,(H,52,53)(H,54,55)/t29-,30-,32-,35-,36-,38-,39-,44+,45-,46-,47+,48+,49-/m1/s1. The fraction of sp³-hybridized carbons (Fsp3) is 0.837. The number of carbonyl (C=O) groups excluding carboxylic acids is 2. The van der Waals surface area contributed by atoms with Gasteiger partial charge in [-0.2, -0.15) is 0 Å². The van der Waals surface area contributed by atoms with Gasteiger partial charge in [0.15, 0.2) is 0 Å². The SMILES string of the molecule is CC(C)C1=C[C@@]23CC[C@@H]4[C@](C)(CCC[C@@]4(C)C(=O)O)[C@H]2C[C@@H]1C[C@@]3(CC(=O)C[C@@H](C)[C@H]1CC[C@@]2(C)C3=C(CC[C@]12C)[C@H]1CCC(=O)C(C)(C)[C@@H]1CC3)C(=O)O. The number of carboxylic acids is 2. The summed E-state index contributed by atoms with van der Waals surface area (Å²) in [4.78, 5) is 54.6. The highest BCUT2D eigenvalue weighted by Gasteiger charge is 2.73. The molecule has 5 fully saturated rings. The highest BCUT2D eigenvalue weighted by molar-refractivity contribution is 5.88. The first kappa shape index (κ1) is 39.6. The van der Waals surface area contributed by atoms with Crippen LogP contribution in [0.25, 0.3) is 0 Å². The lowest BCUT2D eigenvalue weighted by Gasteiger charge is -2.70. The Balaban J connectivity index is 1.07. The van der Waals surface area contributed by atoms with Crippen LogP contribution in [0.2, 0.25) is 0 Å². The van der Waals surface area contributed by atoms with E-state index in [1.165, 1.54) is 5.57 Å². The second-order valence-electron chi connectivity index (χ2n) is 22.8. The van der Waals surface area contributed by atoms with E-state index in [1.54, 1.807) is 11.1 Å². The molecule has 0 saturated heterocycles. The van der Waals surface area contributed by atoms with E-state index in [2.05, 4.69) is 61.5 Å². The molecule has 0 aromatic rings. The summed E-state index contributed by atoms with van der Waals surface area (Å²) in [5, 5.41) is 22.1. The minimum absolute atomic E-state index is 0.00466. The number of hydrogen-bond acceptors (Lipinski definition) is 4. The second kappa shape index (κ2) is 12.6. The minimum Gasteiger partial charge on any atom is -0.481 e. The van der Waals surface area contributed by atoms with Gasteiger partial charge in [0.2, 0.25) is 0 Å². The average molecular weight is 757 g/mol. The quantitative estimate of drug-likeness (QED) is 0.239. The van der Waals surface area contributed by atoms with Crippen LogP contribution in [-0.2, 0) is 19.2 Å². The van der Waals surface area contributed by atoms with Gasteiger partial charge in [-0.15, -0.1) is 0 Å². The van der Waals surface area contributed by atoms with Crippen LogP contribution in [0.5, 0.6) is 0 Å². The van der Waals surface area contributed by atoms with Crippen molar-refractivity contribution in [3.8, 4) is 0 Å². The summed E-state index contributed by atoms with van der Waals surface area (Å²) < 4.78 is 0. The van der Waals surface area contributed by atoms with Gasteiger partial charge >= 0.3 is 11.9 Å². The summed E-state index contributed by atoms with van der Waals surface area (Å²) in [6, 6.07) is 0. The number of carboxylic acid groups (broad SMARTS) is 2. The Morgan fingerprint density at radius 1 is 0.818 bits per heavy atom. The predicted octanol–water partition coefficient (Wildman–Crippen LogP) is 11.3. The summed E-state index contributed by atoms with van der Waals surface area (Å²) in [7, 11) is 0. The van der Waals surface area contributed by atoms with Crippen molar-refractivity contribution in [2.24, 2.45) is 85.2 Å². The molecule has 0 aromatic carbocycles. The maximum absolute atomic E-state index is 14.7. The van der Waals surface area contributed by atoms with Crippen LogP contribution in [0.4, 0.5) is 0 Å². The first-order valence-corrected chi connectivity index (χ1v) is 22.6. The van der Waals surface area contributed by atoms with Crippen LogP contribution < -0.4 is 0 Å². The van der Waals surface area contributed by atoms with E-state index in [9.17, 15) is 29.4 Å². The Bertz CT molecular complexity index is 1750. The van der Waals surface area contributed by atoms with Gasteiger partial charge in [0.05, 0.1) is 10.8 Å². The van der Waals surface area contributed by atoms with Gasteiger partial charge in [-0.1, -0.05) is 84.6 Å². The van der Waals surface area contributed by atoms with E-state index in [1.807, 2.05) is 6.92 Å². The molecule has 0 radical (unpaired) electrons. The van der Waals surface area contributed by atoms with Gasteiger partial charge in [0.25, 0.3) is 0 Å². The van der Waals surface area contributed by atoms with Crippen LogP contribution in [-0.4, -0.2) is 33.7 Å². The fourth-order valence-corrected chi connectivity index (χ4v) is 17.4. The number of aliphatic carboxylic acids is 2. The van der Waals surface area contributed by atoms with E-state index in [0.717, 1.165) is 64.2 Å². The second-order valence-corrected chi connectivity index (χ2v) is 22.8. The zero-order valence-electron chi connectivity index (χ0n) is 35.7. The van der Waals surface area contributed by atoms with Crippen molar-refractivity contribution in [1.82, 2.24) is 0 Å². The van der Waals surface area contributed by atoms with Crippen LogP contribution in [0, 0.1) is 85.2 Å². The molecule has 6 nitrogen and oxygen atoms in total. The molecular weight excluding hydrogens is 685 g/mol. The lowest BCUT2D eigenvalue weighted by atomic mass is 9.32. The van der Waals surface area contributed by atoms with Crippen LogP contribution in [0.3, 0.4) is 0 Å². The van der Waals surface area contributed by atoms with E-state index in [0.29, 0.717) is 68.0 Å². The number of fused-ring (bicyclic) bond motifs is 6. The van der Waals surface area contributed by atoms with Crippen molar-refractivity contribution >= 4 is 23.5 Å². The number of ketones is 2. The number of Topliss-reactive ketones (excluding diaryl/α,β-unsaturated/α-hetero) is 2. The molecule has 1 spiro atoms. The predicted molar refractivity (Wildman–Crippen MR) is 215 cm³/mol. The third-order valence-electron chi connectivity index (χ3n) is 20.4. The highest BCUT2D eigenvalue weighted by Crippen LogP contribution is 2.77. The molecule has 9 rings (SSSR count). The largest absolute Gasteiger partial charge is 0.481 e. The van der Waals surface area contributed by atoms with Crippen molar-refractivity contribution < 1.29 is 29.4 Å². The van der Waals surface area contributed by atoms with Gasteiger partial charge in [0, 0.05) is 30.1 Å². The van der Waals surface area contributed by atoms with Crippen molar-refractivity contribution in [2.45, 2.75) is 171 Å². The molecule has 6 heteroatoms. The van der Waals surface area contributed by atoms with Gasteiger partial charge in [-0.3, -0.25) is 19.2 Å². The third-order valence-corrected chi connectivity index (χ3v) is 20.4. The molecule has 304 valence electrons. The van der Waals surface area contributed by atoms with Crippen LogP contribution >= 0.6 is 0 Å². The molecule has 0 aromatic heterocycles. The lowest BCUT2D eigenvalue weighted by molar-refractivity contribution is -0.216. The third kappa shape index (κ3) is 5.08. The normalized spacial score (nSPS) is 47.5. The van der Waals surface area contributed by atoms with Crippen molar-refractivity contribution in [1.29, 1.82) is 0 Å². The minimum atomic E-state index is -1.16. The molecule has 2 N–H and O–H groups in total. The van der Waals surface area contributed by atoms with Gasteiger partial charge in [-0.05, 0) is 154 Å². The molecule has 0 unspecified atom stereocenters. The number of allylic oxidation sites excluding steroid dienone is 4. The lowest BCUT2D eigenvalue weighted by Crippen LogP contribution is -2.67. The molecule has 5 saturated carbocycles. The monoisotopic (exact) mass is 757 g/mol. The smallest absolute Gasteiger partial charge is 0.311 e. The first-order valence-electron chi connectivity index (χ1n) is 22.6. The van der Waals surface area contributed by atoms with E-state index in [-0.39, 0.29) is 57.5 Å². The molecule has 0 aliphatic heterocycles. The molecule has 0 heterocycles. The van der Waals surface area contributed by atoms with Crippen molar-refractivity contribution in [3.05, 3.63) is 22.8 Å². The Kier molecular flexibility index (Phi) is 9.09. The summed E-state index contributed by atoms with van der Waals surface area (Å²) in [5.41, 5.74) is 1.82. The van der Waals surface area contributed by atoms with E-state index >= 15 is 0 Å². The van der Waals surface area contributed by atoms with Gasteiger partial charge in [0.1, 0.15) is 11.6 Å². The van der Waals surface area contributed by atoms with Crippen LogP contribution in [0.1, 0.15) is 171 Å². The zero-order valence-corrected chi connectivity index (χ0v) is 35.7. The Morgan fingerprint density at radius 3 is 2.22 bits per heavy atom. The Labute approximate surface area is 331 Å². The topological polar surface area (TPSA) is 109 Å². The fourth-order valence-electron chi connectivity index (χ4n) is 17.4. The summed E-state index contributed by atoms with van der Waals surface area (Å²) in [6.07, 6.45) is 16.6. The summed E-state index contributed by atoms with van der Waals surface area (Å²) in [5.74, 6) is 1.10. The first-order chi connectivity index (χ1) is 25.6. The molecule has 9 aliphatic carbocycles. The van der Waals surface area contributed by atoms with Crippen molar-refractivity contribution in [2.75, 3.05) is 0 Å². The number of rotatable bonds is 8. The molecule has 2 bridgehead atoms.